The summed E-state index contributed by atoms with van der Waals surface area (Å²) in [5.41, 5.74) is 1.50. The maximum atomic E-state index is 4.22. The molecular formula is C20H30N4. The van der Waals surface area contributed by atoms with Crippen LogP contribution in [0.15, 0.2) is 42.7 Å². The van der Waals surface area contributed by atoms with Crippen LogP contribution in [0.1, 0.15) is 37.1 Å². The maximum Gasteiger partial charge on any atom is 0.120 e. The zero-order valence-electron chi connectivity index (χ0n) is 14.6. The highest BCUT2D eigenvalue weighted by atomic mass is 15.1. The van der Waals surface area contributed by atoms with Crippen LogP contribution in [-0.4, -0.2) is 41.0 Å². The lowest BCUT2D eigenvalue weighted by Crippen LogP contribution is -2.35. The minimum Gasteiger partial charge on any atom is -0.348 e. The Bertz CT molecular complexity index is 544. The summed E-state index contributed by atoms with van der Waals surface area (Å²) in [6, 6.07) is 11.0. The Hall–Kier alpha value is -1.65. The summed E-state index contributed by atoms with van der Waals surface area (Å²) < 4.78 is 0. The number of imidazole rings is 1. The third kappa shape index (κ3) is 5.77. The van der Waals surface area contributed by atoms with E-state index in [-0.39, 0.29) is 0 Å². The number of aromatic amines is 1. The number of hydrogen-bond acceptors (Lipinski definition) is 3. The summed E-state index contributed by atoms with van der Waals surface area (Å²) in [6.07, 6.45) is 10.2. The summed E-state index contributed by atoms with van der Waals surface area (Å²) in [4.78, 5) is 9.98. The van der Waals surface area contributed by atoms with Crippen molar-refractivity contribution in [3.05, 3.63) is 54.1 Å². The lowest BCUT2D eigenvalue weighted by molar-refractivity contribution is 0.181. The topological polar surface area (TPSA) is 44.0 Å². The molecule has 2 N–H and O–H groups in total. The van der Waals surface area contributed by atoms with Crippen LogP contribution in [0.5, 0.6) is 0 Å². The van der Waals surface area contributed by atoms with Gasteiger partial charge in [-0.1, -0.05) is 30.3 Å². The number of hydrogen-bond donors (Lipinski definition) is 2. The average molecular weight is 326 g/mol. The molecule has 1 aromatic carbocycles. The SMILES string of the molecule is c1ccc(CC2CCN(CCCCNCc3ncc[nH]3)CC2)cc1. The van der Waals surface area contributed by atoms with Crippen molar-refractivity contribution >= 4 is 0 Å². The molecule has 0 amide bonds. The number of nitrogens with zero attached hydrogens (tertiary/aromatic N) is 2. The number of rotatable bonds is 9. The van der Waals surface area contributed by atoms with E-state index in [4.69, 9.17) is 0 Å². The number of nitrogens with one attached hydrogen (secondary N) is 2. The first-order valence-electron chi connectivity index (χ1n) is 9.35. The fourth-order valence-electron chi connectivity index (χ4n) is 3.55. The standard InChI is InChI=1S/C20H30N4/c1-2-6-18(7-3-1)16-19-8-14-24(15-9-19)13-5-4-10-21-17-20-22-11-12-23-20/h1-3,6-7,11-12,19,21H,4-5,8-10,13-17H2,(H,22,23). The molecule has 1 aromatic heterocycles. The van der Waals surface area contributed by atoms with Gasteiger partial charge in [-0.3, -0.25) is 0 Å². The first-order valence-corrected chi connectivity index (χ1v) is 9.35. The number of likely N-dealkylation sites (tertiary alicyclic amines) is 1. The van der Waals surface area contributed by atoms with Crippen LogP contribution in [0.4, 0.5) is 0 Å². The highest BCUT2D eigenvalue weighted by molar-refractivity contribution is 5.15. The molecule has 4 nitrogen and oxygen atoms in total. The predicted octanol–water partition coefficient (Wildman–Crippen LogP) is 3.23. The molecule has 0 aliphatic carbocycles. The molecule has 0 unspecified atom stereocenters. The van der Waals surface area contributed by atoms with E-state index < -0.39 is 0 Å². The largest absolute Gasteiger partial charge is 0.348 e. The molecule has 2 heterocycles. The zero-order valence-corrected chi connectivity index (χ0v) is 14.6. The van der Waals surface area contributed by atoms with Crippen LogP contribution in [0.3, 0.4) is 0 Å². The number of benzene rings is 1. The summed E-state index contributed by atoms with van der Waals surface area (Å²) >= 11 is 0. The first kappa shape index (κ1) is 17.2. The third-order valence-corrected chi connectivity index (χ3v) is 5.00. The molecule has 0 radical (unpaired) electrons. The fourth-order valence-corrected chi connectivity index (χ4v) is 3.55. The number of aromatic nitrogens is 2. The van der Waals surface area contributed by atoms with Crippen molar-refractivity contribution in [2.75, 3.05) is 26.2 Å². The van der Waals surface area contributed by atoms with Gasteiger partial charge in [-0.15, -0.1) is 0 Å². The lowest BCUT2D eigenvalue weighted by atomic mass is 9.90. The maximum absolute atomic E-state index is 4.22. The third-order valence-electron chi connectivity index (χ3n) is 5.00. The van der Waals surface area contributed by atoms with Gasteiger partial charge in [-0.25, -0.2) is 4.98 Å². The number of H-pyrrole nitrogens is 1. The zero-order chi connectivity index (χ0) is 16.5. The second-order valence-electron chi connectivity index (χ2n) is 6.89. The molecule has 1 aliphatic rings. The monoisotopic (exact) mass is 326 g/mol. The molecule has 0 atom stereocenters. The number of unbranched alkanes of at least 4 members (excludes halogenated alkanes) is 1. The van der Waals surface area contributed by atoms with E-state index in [9.17, 15) is 0 Å². The molecule has 1 fully saturated rings. The molecule has 2 aromatic rings. The van der Waals surface area contributed by atoms with Crippen molar-refractivity contribution in [1.82, 2.24) is 20.2 Å². The van der Waals surface area contributed by atoms with E-state index in [0.717, 1.165) is 24.8 Å². The first-order chi connectivity index (χ1) is 11.9. The lowest BCUT2D eigenvalue weighted by Gasteiger charge is -2.32. The molecule has 0 saturated carbocycles. The Balaban J connectivity index is 1.22. The van der Waals surface area contributed by atoms with Gasteiger partial charge in [0, 0.05) is 12.4 Å². The second kappa shape index (κ2) is 9.60. The van der Waals surface area contributed by atoms with Crippen LogP contribution in [0.2, 0.25) is 0 Å². The van der Waals surface area contributed by atoms with Crippen LogP contribution >= 0.6 is 0 Å². The van der Waals surface area contributed by atoms with Crippen LogP contribution < -0.4 is 5.32 Å². The van der Waals surface area contributed by atoms with Gasteiger partial charge in [0.05, 0.1) is 6.54 Å². The van der Waals surface area contributed by atoms with Crippen molar-refractivity contribution in [2.45, 2.75) is 38.6 Å². The summed E-state index contributed by atoms with van der Waals surface area (Å²) in [5, 5.41) is 3.45. The predicted molar refractivity (Wildman–Crippen MR) is 98.8 cm³/mol. The van der Waals surface area contributed by atoms with Crippen LogP contribution in [0, 0.1) is 5.92 Å². The molecule has 130 valence electrons. The van der Waals surface area contributed by atoms with E-state index in [1.165, 1.54) is 57.3 Å². The van der Waals surface area contributed by atoms with Crippen molar-refractivity contribution < 1.29 is 0 Å². The molecule has 0 bridgehead atoms. The van der Waals surface area contributed by atoms with Gasteiger partial charge in [0.2, 0.25) is 0 Å². The molecule has 3 rings (SSSR count). The van der Waals surface area contributed by atoms with E-state index in [1.807, 2.05) is 6.20 Å². The quantitative estimate of drug-likeness (QED) is 0.695. The average Bonchev–Trinajstić information content (AvgIpc) is 3.14. The summed E-state index contributed by atoms with van der Waals surface area (Å²) in [6.45, 7) is 5.72. The van der Waals surface area contributed by atoms with E-state index >= 15 is 0 Å². The van der Waals surface area contributed by atoms with Crippen molar-refractivity contribution in [2.24, 2.45) is 5.92 Å². The molecular weight excluding hydrogens is 296 g/mol. The smallest absolute Gasteiger partial charge is 0.120 e. The van der Waals surface area contributed by atoms with Gasteiger partial charge in [0.25, 0.3) is 0 Å². The van der Waals surface area contributed by atoms with E-state index in [2.05, 4.69) is 50.5 Å². The van der Waals surface area contributed by atoms with E-state index in [0.29, 0.717) is 0 Å². The van der Waals surface area contributed by atoms with Crippen LogP contribution in [0.25, 0.3) is 0 Å². The Kier molecular flexibility index (Phi) is 6.87. The molecule has 0 spiro atoms. The van der Waals surface area contributed by atoms with Gasteiger partial charge in [-0.05, 0) is 69.8 Å². The fraction of sp³-hybridized carbons (Fsp3) is 0.550. The molecule has 4 heteroatoms. The van der Waals surface area contributed by atoms with Gasteiger partial charge in [0.1, 0.15) is 5.82 Å². The van der Waals surface area contributed by atoms with Gasteiger partial charge < -0.3 is 15.2 Å². The van der Waals surface area contributed by atoms with E-state index in [1.54, 1.807) is 6.20 Å². The Morgan fingerprint density at radius 1 is 1.12 bits per heavy atom. The van der Waals surface area contributed by atoms with Gasteiger partial charge in [-0.2, -0.15) is 0 Å². The molecule has 1 saturated heterocycles. The minimum atomic E-state index is 0.845. The van der Waals surface area contributed by atoms with Crippen LogP contribution in [-0.2, 0) is 13.0 Å². The molecule has 24 heavy (non-hydrogen) atoms. The van der Waals surface area contributed by atoms with Crippen molar-refractivity contribution in [3.63, 3.8) is 0 Å². The highest BCUT2D eigenvalue weighted by Gasteiger charge is 2.18. The Morgan fingerprint density at radius 3 is 2.71 bits per heavy atom. The Morgan fingerprint density at radius 2 is 1.96 bits per heavy atom. The highest BCUT2D eigenvalue weighted by Crippen LogP contribution is 2.21. The Labute approximate surface area is 145 Å². The summed E-state index contributed by atoms with van der Waals surface area (Å²) in [5.74, 6) is 1.90. The van der Waals surface area contributed by atoms with Gasteiger partial charge in [0.15, 0.2) is 0 Å². The second-order valence-corrected chi connectivity index (χ2v) is 6.89. The minimum absolute atomic E-state index is 0.845. The van der Waals surface area contributed by atoms with Crippen molar-refractivity contribution in [1.29, 1.82) is 0 Å². The summed E-state index contributed by atoms with van der Waals surface area (Å²) in [7, 11) is 0. The van der Waals surface area contributed by atoms with Crippen molar-refractivity contribution in [3.8, 4) is 0 Å². The van der Waals surface area contributed by atoms with Gasteiger partial charge >= 0.3 is 0 Å². The number of piperidine rings is 1. The normalized spacial score (nSPS) is 16.5. The molecule has 1 aliphatic heterocycles.